The number of nitrogens with one attached hydrogen (secondary N) is 1. The molecule has 1 heterocycles. The molecule has 0 aliphatic rings. The summed E-state index contributed by atoms with van der Waals surface area (Å²) in [5, 5.41) is 15.4. The lowest BCUT2D eigenvalue weighted by Gasteiger charge is -2.15. The second-order valence-corrected chi connectivity index (χ2v) is 7.72. The number of hydrogen-bond acceptors (Lipinski definition) is 6. The Morgan fingerprint density at radius 2 is 2.07 bits per heavy atom. The summed E-state index contributed by atoms with van der Waals surface area (Å²) in [6, 6.07) is 13.7. The fourth-order valence-corrected chi connectivity index (χ4v) is 3.65. The smallest absolute Gasteiger partial charge is 0.234 e. The van der Waals surface area contributed by atoms with Crippen LogP contribution < -0.4 is 10.1 Å². The molecule has 29 heavy (non-hydrogen) atoms. The third-order valence-electron chi connectivity index (χ3n) is 4.71. The molecular weight excluding hydrogens is 386 g/mol. The quantitative estimate of drug-likeness (QED) is 0.559. The van der Waals surface area contributed by atoms with Gasteiger partial charge in [-0.15, -0.1) is 5.10 Å². The first-order valence-corrected chi connectivity index (χ1v) is 10.5. The van der Waals surface area contributed by atoms with Crippen LogP contribution in [0.4, 0.5) is 5.69 Å². The maximum atomic E-state index is 12.6. The van der Waals surface area contributed by atoms with Gasteiger partial charge in [0.2, 0.25) is 11.1 Å². The first-order valence-electron chi connectivity index (χ1n) is 9.48. The molecule has 0 bridgehead atoms. The highest BCUT2D eigenvalue weighted by Gasteiger charge is 2.16. The van der Waals surface area contributed by atoms with Gasteiger partial charge in [0.05, 0.1) is 12.9 Å². The molecule has 0 aliphatic heterocycles. The molecular formula is C21H25N5O2S. The minimum absolute atomic E-state index is 0.100. The molecule has 152 valence electrons. The van der Waals surface area contributed by atoms with Crippen molar-refractivity contribution in [3.63, 3.8) is 0 Å². The van der Waals surface area contributed by atoms with E-state index < -0.39 is 0 Å². The molecule has 0 spiro atoms. The Morgan fingerprint density at radius 1 is 1.28 bits per heavy atom. The van der Waals surface area contributed by atoms with Gasteiger partial charge >= 0.3 is 0 Å². The minimum Gasteiger partial charge on any atom is -0.494 e. The zero-order valence-corrected chi connectivity index (χ0v) is 17.9. The number of rotatable bonds is 8. The van der Waals surface area contributed by atoms with Gasteiger partial charge in [0.15, 0.2) is 0 Å². The average molecular weight is 412 g/mol. The van der Waals surface area contributed by atoms with Crippen LogP contribution in [0.1, 0.15) is 37.3 Å². The Kier molecular flexibility index (Phi) is 6.87. The number of hydrogen-bond donors (Lipinski definition) is 1. The highest BCUT2D eigenvalue weighted by atomic mass is 32.2. The number of aromatic nitrogens is 4. The maximum absolute atomic E-state index is 12.6. The summed E-state index contributed by atoms with van der Waals surface area (Å²) in [6.07, 6.45) is 1.01. The van der Waals surface area contributed by atoms with Crippen LogP contribution in [0.2, 0.25) is 0 Å². The molecule has 0 saturated heterocycles. The second kappa shape index (κ2) is 9.56. The van der Waals surface area contributed by atoms with E-state index in [1.807, 2.05) is 43.3 Å². The van der Waals surface area contributed by atoms with Crippen molar-refractivity contribution in [2.75, 3.05) is 18.2 Å². The number of aryl methyl sites for hydroxylation is 1. The molecule has 3 aromatic rings. The van der Waals surface area contributed by atoms with Gasteiger partial charge in [-0.05, 0) is 59.0 Å². The third-order valence-corrected chi connectivity index (χ3v) is 5.63. The summed E-state index contributed by atoms with van der Waals surface area (Å²) >= 11 is 1.28. The van der Waals surface area contributed by atoms with Gasteiger partial charge in [0.1, 0.15) is 11.4 Å². The largest absolute Gasteiger partial charge is 0.494 e. The number of carbonyl (C=O) groups excluding carboxylic acids is 1. The molecule has 0 aliphatic carbocycles. The Morgan fingerprint density at radius 3 is 2.83 bits per heavy atom. The number of thioether (sulfide) groups is 1. The van der Waals surface area contributed by atoms with Crippen molar-refractivity contribution in [2.45, 2.75) is 38.3 Å². The zero-order chi connectivity index (χ0) is 20.8. The number of ether oxygens (including phenoxy) is 1. The maximum Gasteiger partial charge on any atom is 0.234 e. The van der Waals surface area contributed by atoms with E-state index in [0.717, 1.165) is 28.9 Å². The van der Waals surface area contributed by atoms with Crippen LogP contribution in [0.25, 0.3) is 5.69 Å². The number of benzene rings is 2. The zero-order valence-electron chi connectivity index (χ0n) is 17.0. The van der Waals surface area contributed by atoms with Crippen molar-refractivity contribution in [1.82, 2.24) is 20.2 Å². The molecule has 1 aromatic heterocycles. The first kappa shape index (κ1) is 20.9. The molecule has 0 fully saturated rings. The molecule has 8 heteroatoms. The molecule has 0 unspecified atom stereocenters. The van der Waals surface area contributed by atoms with Crippen LogP contribution in [0.5, 0.6) is 5.75 Å². The fourth-order valence-electron chi connectivity index (χ4n) is 2.96. The number of para-hydroxylation sites is 1. The molecule has 0 radical (unpaired) electrons. The van der Waals surface area contributed by atoms with Crippen molar-refractivity contribution in [2.24, 2.45) is 0 Å². The Bertz CT molecular complexity index is 989. The van der Waals surface area contributed by atoms with E-state index in [1.165, 1.54) is 11.8 Å². The predicted octanol–water partition coefficient (Wildman–Crippen LogP) is 4.22. The van der Waals surface area contributed by atoms with Crippen LogP contribution >= 0.6 is 11.8 Å². The van der Waals surface area contributed by atoms with Gasteiger partial charge in [-0.3, -0.25) is 4.79 Å². The first-order chi connectivity index (χ1) is 14.0. The van der Waals surface area contributed by atoms with Crippen LogP contribution in [-0.2, 0) is 4.79 Å². The normalized spacial score (nSPS) is 11.9. The number of carbonyl (C=O) groups is 1. The van der Waals surface area contributed by atoms with Crippen molar-refractivity contribution in [3.05, 3.63) is 53.6 Å². The van der Waals surface area contributed by atoms with Gasteiger partial charge in [0.25, 0.3) is 0 Å². The van der Waals surface area contributed by atoms with Crippen molar-refractivity contribution in [1.29, 1.82) is 0 Å². The van der Waals surface area contributed by atoms with E-state index in [2.05, 4.69) is 40.8 Å². The van der Waals surface area contributed by atoms with E-state index >= 15 is 0 Å². The highest BCUT2D eigenvalue weighted by molar-refractivity contribution is 7.99. The lowest BCUT2D eigenvalue weighted by Crippen LogP contribution is -2.16. The molecule has 1 atom stereocenters. The lowest BCUT2D eigenvalue weighted by atomic mass is 9.97. The molecule has 7 nitrogen and oxygen atoms in total. The predicted molar refractivity (Wildman–Crippen MR) is 115 cm³/mol. The van der Waals surface area contributed by atoms with Crippen molar-refractivity contribution >= 4 is 23.4 Å². The minimum atomic E-state index is -0.100. The summed E-state index contributed by atoms with van der Waals surface area (Å²) in [5.74, 6) is 1.14. The molecule has 3 rings (SSSR count). The highest BCUT2D eigenvalue weighted by Crippen LogP contribution is 2.28. The van der Waals surface area contributed by atoms with E-state index in [-0.39, 0.29) is 11.7 Å². The fraction of sp³-hybridized carbons (Fsp3) is 0.333. The molecule has 2 aromatic carbocycles. The summed E-state index contributed by atoms with van der Waals surface area (Å²) in [5.41, 5.74) is 3.80. The lowest BCUT2D eigenvalue weighted by molar-refractivity contribution is -0.113. The second-order valence-electron chi connectivity index (χ2n) is 6.78. The van der Waals surface area contributed by atoms with E-state index in [1.54, 1.807) is 11.8 Å². The van der Waals surface area contributed by atoms with Crippen LogP contribution in [0, 0.1) is 6.92 Å². The van der Waals surface area contributed by atoms with E-state index in [0.29, 0.717) is 16.8 Å². The van der Waals surface area contributed by atoms with E-state index in [4.69, 9.17) is 4.74 Å². The number of nitrogens with zero attached hydrogens (tertiary/aromatic N) is 4. The van der Waals surface area contributed by atoms with Gasteiger partial charge in [0, 0.05) is 5.69 Å². The Labute approximate surface area is 174 Å². The average Bonchev–Trinajstić information content (AvgIpc) is 3.20. The van der Waals surface area contributed by atoms with Gasteiger partial charge in [-0.25, -0.2) is 0 Å². The summed E-state index contributed by atoms with van der Waals surface area (Å²) in [7, 11) is 1.60. The van der Waals surface area contributed by atoms with Crippen molar-refractivity contribution < 1.29 is 9.53 Å². The van der Waals surface area contributed by atoms with Gasteiger partial charge < -0.3 is 10.1 Å². The third kappa shape index (κ3) is 4.95. The summed E-state index contributed by atoms with van der Waals surface area (Å²) < 4.78 is 7.02. The Balaban J connectivity index is 1.72. The summed E-state index contributed by atoms with van der Waals surface area (Å²) in [4.78, 5) is 12.6. The van der Waals surface area contributed by atoms with Crippen LogP contribution in [0.3, 0.4) is 0 Å². The number of anilines is 1. The molecule has 0 saturated carbocycles. The van der Waals surface area contributed by atoms with Gasteiger partial charge in [-0.2, -0.15) is 4.68 Å². The number of tetrazole rings is 1. The Hall–Kier alpha value is -2.87. The molecule has 1 amide bonds. The summed E-state index contributed by atoms with van der Waals surface area (Å²) in [6.45, 7) is 6.28. The van der Waals surface area contributed by atoms with Gasteiger partial charge in [-0.1, -0.05) is 49.9 Å². The van der Waals surface area contributed by atoms with Crippen molar-refractivity contribution in [3.8, 4) is 11.4 Å². The number of methoxy groups -OCH3 is 1. The number of amides is 1. The van der Waals surface area contributed by atoms with E-state index in [9.17, 15) is 4.79 Å². The SMILES string of the molecule is CC[C@H](C)c1ccccc1NC(=O)CSc1nnnn1-c1cc(C)ccc1OC. The standard InChI is InChI=1S/C21H25N5O2S/c1-5-15(3)16-8-6-7-9-17(16)22-20(27)13-29-21-23-24-25-26(21)18-12-14(2)10-11-19(18)28-4/h6-12,15H,5,13H2,1-4H3,(H,22,27)/t15-/m0/s1. The van der Waals surface area contributed by atoms with Crippen LogP contribution in [0.15, 0.2) is 47.6 Å². The monoisotopic (exact) mass is 411 g/mol. The topological polar surface area (TPSA) is 81.9 Å². The molecule has 1 N–H and O–H groups in total. The van der Waals surface area contributed by atoms with Crippen LogP contribution in [-0.4, -0.2) is 39.0 Å².